The number of piperidine rings is 1. The van der Waals surface area contributed by atoms with E-state index in [1.165, 1.54) is 95.7 Å². The number of aromatic hydroxyl groups is 1. The van der Waals surface area contributed by atoms with E-state index < -0.39 is 0 Å². The van der Waals surface area contributed by atoms with Crippen LogP contribution in [0.4, 0.5) is 5.69 Å². The Hall–Kier alpha value is -2.37. The number of amides is 1. The van der Waals surface area contributed by atoms with Gasteiger partial charge in [-0.05, 0) is 120 Å². The zero-order valence-electron chi connectivity index (χ0n) is 24.5. The van der Waals surface area contributed by atoms with E-state index in [0.29, 0.717) is 11.5 Å². The summed E-state index contributed by atoms with van der Waals surface area (Å²) in [5.74, 6) is 0.735. The summed E-state index contributed by atoms with van der Waals surface area (Å²) in [6, 6.07) is 14.4. The van der Waals surface area contributed by atoms with Gasteiger partial charge in [0.1, 0.15) is 5.75 Å². The first-order chi connectivity index (χ1) is 19.0. The monoisotopic (exact) mass is 533 g/mol. The molecule has 39 heavy (non-hydrogen) atoms. The molecule has 2 aromatic carbocycles. The number of phenols is 1. The van der Waals surface area contributed by atoms with Crippen molar-refractivity contribution in [3.8, 4) is 5.75 Å². The van der Waals surface area contributed by atoms with Gasteiger partial charge in [0.05, 0.1) is 0 Å². The van der Waals surface area contributed by atoms with Crippen LogP contribution in [0.15, 0.2) is 42.5 Å². The summed E-state index contributed by atoms with van der Waals surface area (Å²) in [7, 11) is 4.08. The topological polar surface area (TPSA) is 55.8 Å². The van der Waals surface area contributed by atoms with E-state index in [0.717, 1.165) is 36.7 Å². The van der Waals surface area contributed by atoms with E-state index in [9.17, 15) is 9.90 Å². The van der Waals surface area contributed by atoms with Crippen molar-refractivity contribution in [2.45, 2.75) is 102 Å². The van der Waals surface area contributed by atoms with Gasteiger partial charge in [0.25, 0.3) is 5.91 Å². The Morgan fingerprint density at radius 3 is 2.10 bits per heavy atom. The first kappa shape index (κ1) is 29.6. The number of hydrogen-bond donors (Lipinski definition) is 2. The third kappa shape index (κ3) is 9.36. The third-order valence-corrected chi connectivity index (χ3v) is 8.90. The van der Waals surface area contributed by atoms with E-state index in [1.54, 1.807) is 12.1 Å². The lowest BCUT2D eigenvalue weighted by atomic mass is 9.88. The number of nitrogens with one attached hydrogen (secondary N) is 1. The minimum atomic E-state index is -0.133. The first-order valence-electron chi connectivity index (χ1n) is 15.6. The zero-order chi connectivity index (χ0) is 27.5. The van der Waals surface area contributed by atoms with Crippen LogP contribution in [0.3, 0.4) is 0 Å². The second-order valence-corrected chi connectivity index (χ2v) is 12.2. The number of aryl methyl sites for hydroxylation is 1. The van der Waals surface area contributed by atoms with E-state index in [4.69, 9.17) is 0 Å². The average Bonchev–Trinajstić information content (AvgIpc) is 3.00. The molecule has 4 rings (SSSR count). The molecule has 0 spiro atoms. The van der Waals surface area contributed by atoms with Crippen LogP contribution in [0.2, 0.25) is 0 Å². The molecular formula is C34H51N3O2. The second kappa shape index (κ2) is 15.4. The lowest BCUT2D eigenvalue weighted by Crippen LogP contribution is -2.41. The van der Waals surface area contributed by atoms with E-state index in [2.05, 4.69) is 27.2 Å². The van der Waals surface area contributed by atoms with Crippen LogP contribution in [0, 0.1) is 0 Å². The summed E-state index contributed by atoms with van der Waals surface area (Å²) >= 11 is 0. The highest BCUT2D eigenvalue weighted by Crippen LogP contribution is 2.32. The Kier molecular flexibility index (Phi) is 11.7. The van der Waals surface area contributed by atoms with Crippen molar-refractivity contribution in [1.82, 2.24) is 9.80 Å². The number of phenolic OH excluding ortho intramolecular Hbond substituents is 1. The van der Waals surface area contributed by atoms with E-state index in [-0.39, 0.29) is 11.7 Å². The maximum Gasteiger partial charge on any atom is 0.255 e. The molecule has 1 aliphatic carbocycles. The van der Waals surface area contributed by atoms with E-state index in [1.807, 2.05) is 32.3 Å². The Morgan fingerprint density at radius 2 is 1.49 bits per heavy atom. The molecule has 0 aromatic heterocycles. The molecule has 1 heterocycles. The summed E-state index contributed by atoms with van der Waals surface area (Å²) < 4.78 is 0. The highest BCUT2D eigenvalue weighted by molar-refractivity contribution is 6.04. The van der Waals surface area contributed by atoms with Gasteiger partial charge in [0, 0.05) is 17.3 Å². The van der Waals surface area contributed by atoms with Crippen LogP contribution >= 0.6 is 0 Å². The molecule has 0 bridgehead atoms. The summed E-state index contributed by atoms with van der Waals surface area (Å²) in [6.07, 6.45) is 18.3. The smallest absolute Gasteiger partial charge is 0.255 e. The first-order valence-corrected chi connectivity index (χ1v) is 15.6. The SMILES string of the molecule is CN(C)CCCc1cc(C(=O)Nc2ccc(C3CCN(C4CCCCCCCCCC4)CC3)cc2)ccc1O. The van der Waals surface area contributed by atoms with Crippen molar-refractivity contribution in [1.29, 1.82) is 0 Å². The third-order valence-electron chi connectivity index (χ3n) is 8.90. The van der Waals surface area contributed by atoms with Crippen molar-refractivity contribution in [2.75, 3.05) is 39.0 Å². The quantitative estimate of drug-likeness (QED) is 0.367. The lowest BCUT2D eigenvalue weighted by Gasteiger charge is -2.38. The number of carbonyl (C=O) groups excluding carboxylic acids is 1. The highest BCUT2D eigenvalue weighted by atomic mass is 16.3. The van der Waals surface area contributed by atoms with Crippen molar-refractivity contribution in [3.63, 3.8) is 0 Å². The predicted octanol–water partition coefficient (Wildman–Crippen LogP) is 7.60. The number of likely N-dealkylation sites (tertiary alicyclic amines) is 1. The normalized spacial score (nSPS) is 19.1. The second-order valence-electron chi connectivity index (χ2n) is 12.2. The molecule has 1 saturated heterocycles. The number of benzene rings is 2. The molecule has 1 amide bonds. The molecule has 2 aromatic rings. The van der Waals surface area contributed by atoms with Crippen molar-refractivity contribution >= 4 is 11.6 Å². The Morgan fingerprint density at radius 1 is 0.872 bits per heavy atom. The summed E-state index contributed by atoms with van der Waals surface area (Å²) in [5.41, 5.74) is 3.62. The standard InChI is InChI=1S/C34H51N3O2/c1-36(2)23-11-12-29-26-30(17-20-33(29)38)34(39)35-31-18-15-27(16-19-31)28-21-24-37(25-22-28)32-13-9-7-5-3-4-6-8-10-14-32/h15-20,26,28,32,38H,3-14,21-25H2,1-2H3,(H,35,39). The molecule has 2 N–H and O–H groups in total. The van der Waals surface area contributed by atoms with Crippen LogP contribution in [0.5, 0.6) is 5.75 Å². The van der Waals surface area contributed by atoms with Crippen LogP contribution < -0.4 is 5.32 Å². The van der Waals surface area contributed by atoms with Crippen LogP contribution in [0.1, 0.15) is 111 Å². The fourth-order valence-electron chi connectivity index (χ4n) is 6.48. The Balaban J connectivity index is 1.27. The van der Waals surface area contributed by atoms with Gasteiger partial charge in [-0.3, -0.25) is 4.79 Å². The summed E-state index contributed by atoms with van der Waals surface area (Å²) in [6.45, 7) is 3.37. The molecule has 5 heteroatoms. The molecular weight excluding hydrogens is 482 g/mol. The van der Waals surface area contributed by atoms with Gasteiger partial charge in [-0.1, -0.05) is 63.5 Å². The minimum Gasteiger partial charge on any atom is -0.508 e. The Labute approximate surface area is 237 Å². The van der Waals surface area contributed by atoms with Gasteiger partial charge in [-0.25, -0.2) is 0 Å². The molecule has 1 aliphatic heterocycles. The molecule has 0 atom stereocenters. The fourth-order valence-corrected chi connectivity index (χ4v) is 6.48. The van der Waals surface area contributed by atoms with Gasteiger partial charge in [0.15, 0.2) is 0 Å². The number of rotatable bonds is 8. The van der Waals surface area contributed by atoms with Gasteiger partial charge in [-0.15, -0.1) is 0 Å². The predicted molar refractivity (Wildman–Crippen MR) is 163 cm³/mol. The number of nitrogens with zero attached hydrogens (tertiary/aromatic N) is 2. The molecule has 5 nitrogen and oxygen atoms in total. The Bertz CT molecular complexity index is 1000. The van der Waals surface area contributed by atoms with Gasteiger partial charge < -0.3 is 20.2 Å². The molecule has 0 radical (unpaired) electrons. The van der Waals surface area contributed by atoms with Gasteiger partial charge in [0.2, 0.25) is 0 Å². The molecule has 1 saturated carbocycles. The number of hydrogen-bond acceptors (Lipinski definition) is 4. The van der Waals surface area contributed by atoms with Crippen LogP contribution in [-0.2, 0) is 6.42 Å². The molecule has 214 valence electrons. The fraction of sp³-hybridized carbons (Fsp3) is 0.618. The summed E-state index contributed by atoms with van der Waals surface area (Å²) in [4.78, 5) is 17.9. The highest BCUT2D eigenvalue weighted by Gasteiger charge is 2.25. The van der Waals surface area contributed by atoms with E-state index >= 15 is 0 Å². The maximum atomic E-state index is 12.9. The zero-order valence-corrected chi connectivity index (χ0v) is 24.5. The average molecular weight is 534 g/mol. The minimum absolute atomic E-state index is 0.133. The van der Waals surface area contributed by atoms with Crippen LogP contribution in [-0.4, -0.2) is 60.6 Å². The van der Waals surface area contributed by atoms with Crippen molar-refractivity contribution in [3.05, 3.63) is 59.2 Å². The number of carbonyl (C=O) groups is 1. The van der Waals surface area contributed by atoms with Gasteiger partial charge in [-0.2, -0.15) is 0 Å². The maximum absolute atomic E-state index is 12.9. The largest absolute Gasteiger partial charge is 0.508 e. The summed E-state index contributed by atoms with van der Waals surface area (Å²) in [5, 5.41) is 13.3. The number of anilines is 1. The van der Waals surface area contributed by atoms with Crippen molar-refractivity contribution in [2.24, 2.45) is 0 Å². The van der Waals surface area contributed by atoms with Gasteiger partial charge >= 0.3 is 0 Å². The van der Waals surface area contributed by atoms with Crippen molar-refractivity contribution < 1.29 is 9.90 Å². The lowest BCUT2D eigenvalue weighted by molar-refractivity contribution is 0.102. The molecule has 0 unspecified atom stereocenters. The molecule has 2 aliphatic rings. The van der Waals surface area contributed by atoms with Crippen LogP contribution in [0.25, 0.3) is 0 Å². The molecule has 2 fully saturated rings.